The van der Waals surface area contributed by atoms with Crippen LogP contribution in [-0.4, -0.2) is 18.2 Å². The molecule has 0 spiro atoms. The van der Waals surface area contributed by atoms with Gasteiger partial charge in [0.05, 0.1) is 12.9 Å². The minimum atomic E-state index is 0.697. The van der Waals surface area contributed by atoms with E-state index >= 15 is 0 Å². The quantitative estimate of drug-likeness (QED) is 0.579. The molecule has 9 heavy (non-hydrogen) atoms. The third-order valence-corrected chi connectivity index (χ3v) is 2.28. The van der Waals surface area contributed by atoms with Crippen molar-refractivity contribution in [2.45, 2.75) is 6.42 Å². The van der Waals surface area contributed by atoms with Crippen molar-refractivity contribution in [2.24, 2.45) is 0 Å². The fourth-order valence-electron chi connectivity index (χ4n) is 0.631. The van der Waals surface area contributed by atoms with Gasteiger partial charge in [0, 0.05) is 16.5 Å². The summed E-state index contributed by atoms with van der Waals surface area (Å²) in [5, 5.41) is 0. The van der Waals surface area contributed by atoms with Crippen LogP contribution in [0.3, 0.4) is 0 Å². The van der Waals surface area contributed by atoms with Gasteiger partial charge in [0.1, 0.15) is 0 Å². The first-order valence-corrected chi connectivity index (χ1v) is 4.45. The molecule has 0 aromatic carbocycles. The van der Waals surface area contributed by atoms with E-state index in [0.717, 1.165) is 18.8 Å². The molecule has 0 amide bonds. The zero-order valence-corrected chi connectivity index (χ0v) is 6.67. The molecule has 0 radical (unpaired) electrons. The number of alkyl halides is 1. The predicted octanol–water partition coefficient (Wildman–Crippen LogP) is 2.22. The molecule has 52 valence electrons. The van der Waals surface area contributed by atoms with Crippen LogP contribution in [0.4, 0.5) is 0 Å². The second kappa shape index (κ2) is 4.07. The van der Waals surface area contributed by atoms with E-state index in [1.54, 1.807) is 0 Å². The zero-order valence-electron chi connectivity index (χ0n) is 5.10. The van der Waals surface area contributed by atoms with Gasteiger partial charge in [-0.1, -0.05) is 0 Å². The summed E-state index contributed by atoms with van der Waals surface area (Å²) in [6, 6.07) is 0. The van der Waals surface area contributed by atoms with Gasteiger partial charge < -0.3 is 4.74 Å². The molecule has 0 aliphatic carbocycles. The monoisotopic (exact) mass is 164 g/mol. The number of rotatable bonds is 2. The molecule has 0 atom stereocenters. The molecule has 0 bridgehead atoms. The van der Waals surface area contributed by atoms with Gasteiger partial charge in [-0.25, -0.2) is 0 Å². The summed E-state index contributed by atoms with van der Waals surface area (Å²) in [7, 11) is 0. The average Bonchev–Trinajstić information content (AvgIpc) is 1.91. The molecule has 0 saturated heterocycles. The Morgan fingerprint density at radius 2 is 2.67 bits per heavy atom. The van der Waals surface area contributed by atoms with Crippen LogP contribution in [0.5, 0.6) is 0 Å². The topological polar surface area (TPSA) is 9.23 Å². The summed E-state index contributed by atoms with van der Waals surface area (Å²) in [5.41, 5.74) is 0. The molecule has 1 aliphatic rings. The molecule has 0 aromatic heterocycles. The van der Waals surface area contributed by atoms with Crippen molar-refractivity contribution < 1.29 is 4.74 Å². The van der Waals surface area contributed by atoms with Crippen molar-refractivity contribution in [1.82, 2.24) is 0 Å². The molecule has 0 fully saturated rings. The van der Waals surface area contributed by atoms with Gasteiger partial charge in [-0.15, -0.1) is 23.4 Å². The maximum absolute atomic E-state index is 5.53. The minimum absolute atomic E-state index is 0.697. The lowest BCUT2D eigenvalue weighted by atomic mass is 10.5. The van der Waals surface area contributed by atoms with Gasteiger partial charge in [0.25, 0.3) is 0 Å². The van der Waals surface area contributed by atoms with Crippen molar-refractivity contribution in [2.75, 3.05) is 18.2 Å². The summed E-state index contributed by atoms with van der Waals surface area (Å²) in [6.45, 7) is 0.844. The Hall–Kier alpha value is 0.180. The molecular formula is C6H9ClOS. The number of ether oxygens (including phenoxy) is 1. The Bertz CT molecular complexity index is 114. The first kappa shape index (κ1) is 7.29. The van der Waals surface area contributed by atoms with E-state index < -0.39 is 0 Å². The Balaban J connectivity index is 2.28. The Morgan fingerprint density at radius 1 is 1.78 bits per heavy atom. The summed E-state index contributed by atoms with van der Waals surface area (Å²) in [6.07, 6.45) is 2.77. The standard InChI is InChI=1S/C6H9ClOS/c7-2-1-6-5-8-3-4-9-6/h5H,1-4H2. The molecule has 0 N–H and O–H groups in total. The first-order valence-electron chi connectivity index (χ1n) is 2.93. The van der Waals surface area contributed by atoms with Crippen molar-refractivity contribution in [3.05, 3.63) is 11.2 Å². The van der Waals surface area contributed by atoms with Crippen LogP contribution in [0, 0.1) is 0 Å². The molecule has 1 aliphatic heterocycles. The lowest BCUT2D eigenvalue weighted by molar-refractivity contribution is 0.267. The third-order valence-electron chi connectivity index (χ3n) is 1.04. The summed E-state index contributed by atoms with van der Waals surface area (Å²) in [4.78, 5) is 1.27. The van der Waals surface area contributed by atoms with Crippen LogP contribution < -0.4 is 0 Å². The maximum Gasteiger partial charge on any atom is 0.0967 e. The van der Waals surface area contributed by atoms with Gasteiger partial charge >= 0.3 is 0 Å². The summed E-state index contributed by atoms with van der Waals surface area (Å²) < 4.78 is 5.09. The van der Waals surface area contributed by atoms with Gasteiger partial charge in [-0.05, 0) is 6.42 Å². The van der Waals surface area contributed by atoms with Crippen LogP contribution >= 0.6 is 23.4 Å². The van der Waals surface area contributed by atoms with Crippen molar-refractivity contribution >= 4 is 23.4 Å². The highest BCUT2D eigenvalue weighted by atomic mass is 35.5. The normalized spacial score (nSPS) is 18.6. The number of allylic oxidation sites excluding steroid dienone is 1. The van der Waals surface area contributed by atoms with Crippen LogP contribution in [0.2, 0.25) is 0 Å². The predicted molar refractivity (Wildman–Crippen MR) is 41.8 cm³/mol. The SMILES string of the molecule is ClCCC1=COCCS1. The highest BCUT2D eigenvalue weighted by molar-refractivity contribution is 8.03. The zero-order chi connectivity index (χ0) is 6.53. The van der Waals surface area contributed by atoms with Gasteiger partial charge in [-0.2, -0.15) is 0 Å². The maximum atomic E-state index is 5.53. The van der Waals surface area contributed by atoms with Crippen LogP contribution in [-0.2, 0) is 4.74 Å². The van der Waals surface area contributed by atoms with Gasteiger partial charge in [-0.3, -0.25) is 0 Å². The molecule has 1 rings (SSSR count). The molecular weight excluding hydrogens is 156 g/mol. The van der Waals surface area contributed by atoms with Gasteiger partial charge in [0.15, 0.2) is 0 Å². The lowest BCUT2D eigenvalue weighted by Crippen LogP contribution is -1.99. The molecule has 0 unspecified atom stereocenters. The van der Waals surface area contributed by atoms with E-state index in [9.17, 15) is 0 Å². The lowest BCUT2D eigenvalue weighted by Gasteiger charge is -2.11. The second-order valence-corrected chi connectivity index (χ2v) is 3.34. The number of thioether (sulfide) groups is 1. The van der Waals surface area contributed by atoms with E-state index in [1.165, 1.54) is 4.91 Å². The summed E-state index contributed by atoms with van der Waals surface area (Å²) in [5.74, 6) is 1.77. The van der Waals surface area contributed by atoms with E-state index in [0.29, 0.717) is 5.88 Å². The Labute approximate surface area is 64.4 Å². The second-order valence-electron chi connectivity index (χ2n) is 1.74. The van der Waals surface area contributed by atoms with Crippen molar-refractivity contribution in [3.63, 3.8) is 0 Å². The number of hydrogen-bond donors (Lipinski definition) is 0. The average molecular weight is 165 g/mol. The smallest absolute Gasteiger partial charge is 0.0967 e. The molecule has 0 saturated carbocycles. The van der Waals surface area contributed by atoms with Gasteiger partial charge in [0.2, 0.25) is 0 Å². The van der Waals surface area contributed by atoms with E-state index in [2.05, 4.69) is 0 Å². The van der Waals surface area contributed by atoms with Crippen LogP contribution in [0.15, 0.2) is 11.2 Å². The van der Waals surface area contributed by atoms with E-state index in [-0.39, 0.29) is 0 Å². The third kappa shape index (κ3) is 2.50. The fraction of sp³-hybridized carbons (Fsp3) is 0.667. The Kier molecular flexibility index (Phi) is 3.30. The van der Waals surface area contributed by atoms with Crippen LogP contribution in [0.25, 0.3) is 0 Å². The largest absolute Gasteiger partial charge is 0.499 e. The van der Waals surface area contributed by atoms with E-state index in [1.807, 2.05) is 18.0 Å². The molecule has 1 nitrogen and oxygen atoms in total. The Morgan fingerprint density at radius 3 is 3.22 bits per heavy atom. The highest BCUT2D eigenvalue weighted by Crippen LogP contribution is 2.22. The number of hydrogen-bond acceptors (Lipinski definition) is 2. The fourth-order valence-corrected chi connectivity index (χ4v) is 1.77. The molecule has 3 heteroatoms. The van der Waals surface area contributed by atoms with Crippen molar-refractivity contribution in [3.8, 4) is 0 Å². The van der Waals surface area contributed by atoms with Crippen LogP contribution in [0.1, 0.15) is 6.42 Å². The van der Waals surface area contributed by atoms with Crippen molar-refractivity contribution in [1.29, 1.82) is 0 Å². The highest BCUT2D eigenvalue weighted by Gasteiger charge is 2.02. The molecule has 1 heterocycles. The summed E-state index contributed by atoms with van der Waals surface area (Å²) >= 11 is 7.36. The first-order chi connectivity index (χ1) is 4.43. The minimum Gasteiger partial charge on any atom is -0.499 e. The van der Waals surface area contributed by atoms with E-state index in [4.69, 9.17) is 16.3 Å². The number of halogens is 1. The molecule has 0 aromatic rings.